The first-order valence-corrected chi connectivity index (χ1v) is 9.84. The van der Waals surface area contributed by atoms with Crippen LogP contribution >= 0.6 is 11.3 Å². The molecule has 122 valence electrons. The van der Waals surface area contributed by atoms with E-state index in [1.807, 2.05) is 24.3 Å². The fourth-order valence-electron chi connectivity index (χ4n) is 5.67. The maximum atomic E-state index is 8.92. The molecule has 0 radical (unpaired) electrons. The molecule has 4 aliphatic carbocycles. The molecule has 24 heavy (non-hydrogen) atoms. The highest BCUT2D eigenvalue weighted by Crippen LogP contribution is 2.56. The summed E-state index contributed by atoms with van der Waals surface area (Å²) in [6.45, 7) is 0. The number of nitrogens with zero attached hydrogens (tertiary/aromatic N) is 2. The van der Waals surface area contributed by atoms with Crippen LogP contribution in [0.5, 0.6) is 0 Å². The lowest BCUT2D eigenvalue weighted by molar-refractivity contribution is 0.0107. The van der Waals surface area contributed by atoms with Gasteiger partial charge >= 0.3 is 0 Å². The van der Waals surface area contributed by atoms with E-state index in [-0.39, 0.29) is 0 Å². The fourth-order valence-corrected chi connectivity index (χ4v) is 6.51. The quantitative estimate of drug-likeness (QED) is 0.852. The molecule has 0 atom stereocenters. The van der Waals surface area contributed by atoms with Gasteiger partial charge in [-0.2, -0.15) is 5.26 Å². The van der Waals surface area contributed by atoms with E-state index in [2.05, 4.69) is 16.8 Å². The monoisotopic (exact) mass is 335 g/mol. The van der Waals surface area contributed by atoms with E-state index in [0.29, 0.717) is 11.1 Å². The average molecular weight is 335 g/mol. The molecule has 4 heteroatoms. The standard InChI is InChI=1S/C20H21N3S/c21-11-13-1-3-17(4-2-13)18-12-24-19(22-18)23-20-8-14-5-15(9-20)7-16(6-14)10-20/h1-4,12,14-16H,5-10H2,(H,22,23). The van der Waals surface area contributed by atoms with E-state index in [1.54, 1.807) is 11.3 Å². The predicted molar refractivity (Wildman–Crippen MR) is 96.8 cm³/mol. The van der Waals surface area contributed by atoms with Crippen LogP contribution in [0.15, 0.2) is 29.6 Å². The summed E-state index contributed by atoms with van der Waals surface area (Å²) in [5.74, 6) is 2.84. The van der Waals surface area contributed by atoms with Gasteiger partial charge < -0.3 is 5.32 Å². The van der Waals surface area contributed by atoms with Crippen LogP contribution in [-0.4, -0.2) is 10.5 Å². The van der Waals surface area contributed by atoms with Crippen LogP contribution < -0.4 is 5.32 Å². The van der Waals surface area contributed by atoms with Gasteiger partial charge in [0.25, 0.3) is 0 Å². The lowest BCUT2D eigenvalue weighted by atomic mass is 9.53. The molecule has 2 aromatic rings. The Labute approximate surface area is 146 Å². The fraction of sp³-hybridized carbons (Fsp3) is 0.500. The van der Waals surface area contributed by atoms with Gasteiger partial charge in [-0.05, 0) is 68.4 Å². The van der Waals surface area contributed by atoms with Crippen molar-refractivity contribution >= 4 is 16.5 Å². The third-order valence-corrected chi connectivity index (χ3v) is 6.98. The van der Waals surface area contributed by atoms with Crippen molar-refractivity contribution in [3.05, 3.63) is 35.2 Å². The Morgan fingerprint density at radius 1 is 1.04 bits per heavy atom. The molecule has 0 spiro atoms. The summed E-state index contributed by atoms with van der Waals surface area (Å²) in [5, 5.41) is 16.0. The zero-order valence-electron chi connectivity index (χ0n) is 13.7. The van der Waals surface area contributed by atoms with Crippen LogP contribution in [0.3, 0.4) is 0 Å². The van der Waals surface area contributed by atoms with Crippen LogP contribution in [0.2, 0.25) is 0 Å². The van der Waals surface area contributed by atoms with Gasteiger partial charge in [-0.3, -0.25) is 0 Å². The highest BCUT2D eigenvalue weighted by atomic mass is 32.1. The molecule has 4 saturated carbocycles. The Hall–Kier alpha value is -1.86. The van der Waals surface area contributed by atoms with Gasteiger partial charge in [0.2, 0.25) is 0 Å². The summed E-state index contributed by atoms with van der Waals surface area (Å²) in [7, 11) is 0. The summed E-state index contributed by atoms with van der Waals surface area (Å²) in [6.07, 6.45) is 8.42. The van der Waals surface area contributed by atoms with Crippen molar-refractivity contribution in [2.45, 2.75) is 44.1 Å². The lowest BCUT2D eigenvalue weighted by Gasteiger charge is -2.56. The van der Waals surface area contributed by atoms with Crippen molar-refractivity contribution in [1.82, 2.24) is 4.98 Å². The predicted octanol–water partition coefficient (Wildman–Crippen LogP) is 5.06. The normalized spacial score (nSPS) is 33.4. The molecule has 1 aromatic carbocycles. The van der Waals surface area contributed by atoms with E-state index in [4.69, 9.17) is 10.2 Å². The molecule has 6 rings (SSSR count). The maximum absolute atomic E-state index is 8.92. The highest BCUT2D eigenvalue weighted by Gasteiger charge is 2.51. The van der Waals surface area contributed by atoms with Gasteiger partial charge in [-0.1, -0.05) is 12.1 Å². The van der Waals surface area contributed by atoms with E-state index >= 15 is 0 Å². The van der Waals surface area contributed by atoms with Crippen molar-refractivity contribution < 1.29 is 0 Å². The number of thiazole rings is 1. The van der Waals surface area contributed by atoms with Crippen LogP contribution in [0.4, 0.5) is 5.13 Å². The first kappa shape index (κ1) is 14.5. The first-order valence-electron chi connectivity index (χ1n) is 8.96. The van der Waals surface area contributed by atoms with E-state index in [0.717, 1.165) is 34.1 Å². The molecule has 4 fully saturated rings. The topological polar surface area (TPSA) is 48.7 Å². The molecule has 4 bridgehead atoms. The molecular formula is C20H21N3S. The number of nitrogens with one attached hydrogen (secondary N) is 1. The largest absolute Gasteiger partial charge is 0.356 e. The SMILES string of the molecule is N#Cc1ccc(-c2csc(NC34CC5CC(CC(C5)C3)C4)n2)cc1. The number of benzene rings is 1. The second kappa shape index (κ2) is 5.32. The van der Waals surface area contributed by atoms with Crippen molar-refractivity contribution in [2.24, 2.45) is 17.8 Å². The molecule has 1 N–H and O–H groups in total. The number of aromatic nitrogens is 1. The number of anilines is 1. The minimum Gasteiger partial charge on any atom is -0.356 e. The first-order chi connectivity index (χ1) is 11.7. The third-order valence-electron chi connectivity index (χ3n) is 6.22. The number of hydrogen-bond donors (Lipinski definition) is 1. The van der Waals surface area contributed by atoms with Gasteiger partial charge in [-0.25, -0.2) is 4.98 Å². The molecule has 3 nitrogen and oxygen atoms in total. The van der Waals surface area contributed by atoms with Gasteiger partial charge in [0.15, 0.2) is 5.13 Å². The number of nitriles is 1. The van der Waals surface area contributed by atoms with Crippen molar-refractivity contribution in [1.29, 1.82) is 5.26 Å². The Morgan fingerprint density at radius 3 is 2.25 bits per heavy atom. The minimum atomic E-state index is 0.314. The van der Waals surface area contributed by atoms with Gasteiger partial charge in [0.1, 0.15) is 0 Å². The number of rotatable bonds is 3. The average Bonchev–Trinajstić information content (AvgIpc) is 3.01. The molecule has 1 aromatic heterocycles. The second-order valence-corrected chi connectivity index (χ2v) is 8.91. The second-order valence-electron chi connectivity index (χ2n) is 8.05. The van der Waals surface area contributed by atoms with E-state index in [9.17, 15) is 0 Å². The van der Waals surface area contributed by atoms with Crippen LogP contribution in [-0.2, 0) is 0 Å². The summed E-state index contributed by atoms with van der Waals surface area (Å²) in [6, 6.07) is 9.87. The summed E-state index contributed by atoms with van der Waals surface area (Å²) in [4.78, 5) is 4.84. The van der Waals surface area contributed by atoms with Crippen LogP contribution in [0.25, 0.3) is 11.3 Å². The highest BCUT2D eigenvalue weighted by molar-refractivity contribution is 7.14. The maximum Gasteiger partial charge on any atom is 0.183 e. The molecule has 0 unspecified atom stereocenters. The summed E-state index contributed by atoms with van der Waals surface area (Å²) in [5.41, 5.74) is 3.11. The van der Waals surface area contributed by atoms with Crippen LogP contribution in [0, 0.1) is 29.1 Å². The number of hydrogen-bond acceptors (Lipinski definition) is 4. The van der Waals surface area contributed by atoms with Crippen molar-refractivity contribution in [3.63, 3.8) is 0 Å². The Balaban J connectivity index is 1.37. The smallest absolute Gasteiger partial charge is 0.183 e. The molecule has 0 aliphatic heterocycles. The Kier molecular flexibility index (Phi) is 3.21. The zero-order valence-corrected chi connectivity index (χ0v) is 14.5. The Morgan fingerprint density at radius 2 is 1.67 bits per heavy atom. The lowest BCUT2D eigenvalue weighted by Crippen LogP contribution is -2.54. The minimum absolute atomic E-state index is 0.314. The van der Waals surface area contributed by atoms with Crippen molar-refractivity contribution in [3.8, 4) is 17.3 Å². The van der Waals surface area contributed by atoms with Gasteiger partial charge in [0, 0.05) is 16.5 Å². The third kappa shape index (κ3) is 2.43. The summed E-state index contributed by atoms with van der Waals surface area (Å²) < 4.78 is 0. The molecular weight excluding hydrogens is 314 g/mol. The van der Waals surface area contributed by atoms with E-state index in [1.165, 1.54) is 38.5 Å². The molecule has 1 heterocycles. The van der Waals surface area contributed by atoms with Gasteiger partial charge in [0.05, 0.1) is 17.3 Å². The summed E-state index contributed by atoms with van der Waals surface area (Å²) >= 11 is 1.72. The van der Waals surface area contributed by atoms with E-state index < -0.39 is 0 Å². The zero-order chi connectivity index (χ0) is 16.1. The Bertz CT molecular complexity index is 764. The van der Waals surface area contributed by atoms with Gasteiger partial charge in [-0.15, -0.1) is 11.3 Å². The van der Waals surface area contributed by atoms with Crippen LogP contribution in [0.1, 0.15) is 44.1 Å². The molecule has 0 saturated heterocycles. The molecule has 0 amide bonds. The molecule has 4 aliphatic rings. The van der Waals surface area contributed by atoms with Crippen molar-refractivity contribution in [2.75, 3.05) is 5.32 Å².